The van der Waals surface area contributed by atoms with E-state index < -0.39 is 17.4 Å². The van der Waals surface area contributed by atoms with Crippen LogP contribution in [0.25, 0.3) is 0 Å². The summed E-state index contributed by atoms with van der Waals surface area (Å²) in [4.78, 5) is 33.4. The van der Waals surface area contributed by atoms with Crippen molar-refractivity contribution in [3.8, 4) is 0 Å². The van der Waals surface area contributed by atoms with Crippen LogP contribution in [-0.2, 0) is 16.0 Å². The number of rotatable bonds is 8. The summed E-state index contributed by atoms with van der Waals surface area (Å²) < 4.78 is 0. The Kier molecular flexibility index (Phi) is 5.91. The highest BCUT2D eigenvalue weighted by Gasteiger charge is 2.31. The van der Waals surface area contributed by atoms with E-state index >= 15 is 0 Å². The van der Waals surface area contributed by atoms with Gasteiger partial charge in [-0.3, -0.25) is 4.79 Å². The Balaban J connectivity index is 1.90. The molecule has 0 aliphatic heterocycles. The van der Waals surface area contributed by atoms with Gasteiger partial charge < -0.3 is 15.0 Å². The van der Waals surface area contributed by atoms with Crippen molar-refractivity contribution in [1.82, 2.24) is 0 Å². The van der Waals surface area contributed by atoms with Crippen LogP contribution < -0.4 is 0 Å². The van der Waals surface area contributed by atoms with E-state index in [0.717, 1.165) is 17.4 Å². The summed E-state index contributed by atoms with van der Waals surface area (Å²) in [6.07, 6.45) is 8.69. The SMILES string of the molecule is CC1(C(=O)O)C=CC(CC(C=O)CCc2ccc(C(=O)O)cc2)=CC1. The lowest BCUT2D eigenvalue weighted by molar-refractivity contribution is -0.145. The third kappa shape index (κ3) is 4.89. The maximum atomic E-state index is 11.4. The highest BCUT2D eigenvalue weighted by Crippen LogP contribution is 2.31. The lowest BCUT2D eigenvalue weighted by Gasteiger charge is -2.23. The number of allylic oxidation sites excluding steroid dienone is 3. The van der Waals surface area contributed by atoms with Gasteiger partial charge in [0.1, 0.15) is 6.29 Å². The van der Waals surface area contributed by atoms with E-state index in [1.807, 2.05) is 6.08 Å². The van der Waals surface area contributed by atoms with E-state index in [1.54, 1.807) is 43.3 Å². The maximum Gasteiger partial charge on any atom is 0.335 e. The Morgan fingerprint density at radius 1 is 1.24 bits per heavy atom. The molecule has 0 heterocycles. The fraction of sp³-hybridized carbons (Fsp3) is 0.350. The van der Waals surface area contributed by atoms with Gasteiger partial charge in [0.05, 0.1) is 11.0 Å². The standard InChI is InChI=1S/C20H22O5/c1-20(19(24)25)10-8-15(9-11-20)12-16(13-21)3-2-14-4-6-17(7-5-14)18(22)23/h4-10,13,16H,2-3,11-12H2,1H3,(H,22,23)(H,24,25). The topological polar surface area (TPSA) is 91.7 Å². The van der Waals surface area contributed by atoms with Gasteiger partial charge in [-0.25, -0.2) is 4.79 Å². The fourth-order valence-electron chi connectivity index (χ4n) is 2.77. The molecule has 0 saturated heterocycles. The minimum Gasteiger partial charge on any atom is -0.481 e. The first kappa shape index (κ1) is 18.6. The first-order chi connectivity index (χ1) is 11.8. The minimum atomic E-state index is -0.957. The number of aromatic carboxylic acids is 1. The zero-order valence-electron chi connectivity index (χ0n) is 14.1. The quantitative estimate of drug-likeness (QED) is 0.706. The number of carboxylic acids is 2. The molecule has 2 atom stereocenters. The molecule has 1 aromatic rings. The second-order valence-corrected chi connectivity index (χ2v) is 6.68. The van der Waals surface area contributed by atoms with Gasteiger partial charge >= 0.3 is 11.9 Å². The van der Waals surface area contributed by atoms with E-state index in [-0.39, 0.29) is 11.5 Å². The van der Waals surface area contributed by atoms with Crippen LogP contribution in [-0.4, -0.2) is 28.4 Å². The Hall–Kier alpha value is -2.69. The summed E-state index contributed by atoms with van der Waals surface area (Å²) in [5, 5.41) is 18.1. The van der Waals surface area contributed by atoms with Crippen LogP contribution in [0.1, 0.15) is 42.1 Å². The molecule has 0 saturated carbocycles. The third-order valence-corrected chi connectivity index (χ3v) is 4.64. The molecule has 0 amide bonds. The third-order valence-electron chi connectivity index (χ3n) is 4.64. The van der Waals surface area contributed by atoms with Crippen molar-refractivity contribution in [3.63, 3.8) is 0 Å². The summed E-state index contributed by atoms with van der Waals surface area (Å²) in [5.74, 6) is -1.96. The normalized spacial score (nSPS) is 20.6. The summed E-state index contributed by atoms with van der Waals surface area (Å²) in [6, 6.07) is 6.66. The largest absolute Gasteiger partial charge is 0.481 e. The molecule has 132 valence electrons. The smallest absolute Gasteiger partial charge is 0.335 e. The number of benzene rings is 1. The van der Waals surface area contributed by atoms with Crippen LogP contribution in [0, 0.1) is 11.3 Å². The van der Waals surface area contributed by atoms with Gasteiger partial charge in [0.25, 0.3) is 0 Å². The lowest BCUT2D eigenvalue weighted by Crippen LogP contribution is -2.26. The van der Waals surface area contributed by atoms with E-state index in [1.165, 1.54) is 0 Å². The predicted molar refractivity (Wildman–Crippen MR) is 93.5 cm³/mol. The molecule has 1 aliphatic rings. The zero-order chi connectivity index (χ0) is 18.4. The molecule has 2 unspecified atom stereocenters. The highest BCUT2D eigenvalue weighted by molar-refractivity contribution is 5.87. The number of carbonyl (C=O) groups excluding carboxylic acids is 1. The average Bonchev–Trinajstić information content (AvgIpc) is 2.60. The van der Waals surface area contributed by atoms with Crippen molar-refractivity contribution >= 4 is 18.2 Å². The molecule has 0 radical (unpaired) electrons. The molecule has 0 spiro atoms. The average molecular weight is 342 g/mol. The van der Waals surface area contributed by atoms with Crippen LogP contribution in [0.5, 0.6) is 0 Å². The molecule has 1 aromatic carbocycles. The van der Waals surface area contributed by atoms with E-state index in [4.69, 9.17) is 5.11 Å². The van der Waals surface area contributed by atoms with Crippen molar-refractivity contribution in [2.45, 2.75) is 32.6 Å². The van der Waals surface area contributed by atoms with E-state index in [2.05, 4.69) is 0 Å². The maximum absolute atomic E-state index is 11.4. The Morgan fingerprint density at radius 3 is 2.40 bits per heavy atom. The van der Waals surface area contributed by atoms with Crippen molar-refractivity contribution in [1.29, 1.82) is 0 Å². The first-order valence-electron chi connectivity index (χ1n) is 8.23. The molecule has 2 rings (SSSR count). The number of hydrogen-bond acceptors (Lipinski definition) is 3. The van der Waals surface area contributed by atoms with Crippen LogP contribution in [0.4, 0.5) is 0 Å². The van der Waals surface area contributed by atoms with E-state index in [0.29, 0.717) is 25.7 Å². The van der Waals surface area contributed by atoms with Crippen LogP contribution in [0.2, 0.25) is 0 Å². The Bertz CT molecular complexity index is 714. The number of aliphatic carboxylic acids is 1. The monoisotopic (exact) mass is 342 g/mol. The number of aryl methyl sites for hydroxylation is 1. The zero-order valence-corrected chi connectivity index (χ0v) is 14.1. The molecule has 25 heavy (non-hydrogen) atoms. The number of carboxylic acid groups (broad SMARTS) is 2. The Labute approximate surface area is 146 Å². The Morgan fingerprint density at radius 2 is 1.92 bits per heavy atom. The molecule has 2 N–H and O–H groups in total. The van der Waals surface area contributed by atoms with Gasteiger partial charge in [-0.05, 0) is 50.3 Å². The van der Waals surface area contributed by atoms with Gasteiger partial charge in [-0.1, -0.05) is 35.9 Å². The summed E-state index contributed by atoms with van der Waals surface area (Å²) >= 11 is 0. The molecular weight excluding hydrogens is 320 g/mol. The molecule has 1 aliphatic carbocycles. The van der Waals surface area contributed by atoms with Gasteiger partial charge in [0.2, 0.25) is 0 Å². The molecule has 5 nitrogen and oxygen atoms in total. The second kappa shape index (κ2) is 7.92. The summed E-state index contributed by atoms with van der Waals surface area (Å²) in [7, 11) is 0. The van der Waals surface area contributed by atoms with Crippen LogP contribution >= 0.6 is 0 Å². The molecular formula is C20H22O5. The fourth-order valence-corrected chi connectivity index (χ4v) is 2.77. The number of hydrogen-bond donors (Lipinski definition) is 2. The van der Waals surface area contributed by atoms with Crippen LogP contribution in [0.15, 0.2) is 48.1 Å². The van der Waals surface area contributed by atoms with Crippen molar-refractivity contribution in [2.24, 2.45) is 11.3 Å². The van der Waals surface area contributed by atoms with Gasteiger partial charge in [-0.2, -0.15) is 0 Å². The van der Waals surface area contributed by atoms with Crippen molar-refractivity contribution < 1.29 is 24.6 Å². The summed E-state index contributed by atoms with van der Waals surface area (Å²) in [6.45, 7) is 1.68. The number of aldehydes is 1. The number of carbonyl (C=O) groups is 3. The molecule has 0 fully saturated rings. The van der Waals surface area contributed by atoms with E-state index in [9.17, 15) is 19.5 Å². The summed E-state index contributed by atoms with van der Waals surface area (Å²) in [5.41, 5.74) is 1.35. The van der Waals surface area contributed by atoms with Crippen molar-refractivity contribution in [2.75, 3.05) is 0 Å². The first-order valence-corrected chi connectivity index (χ1v) is 8.23. The van der Waals surface area contributed by atoms with Crippen LogP contribution in [0.3, 0.4) is 0 Å². The lowest BCUT2D eigenvalue weighted by atomic mass is 9.80. The van der Waals surface area contributed by atoms with Gasteiger partial charge in [-0.15, -0.1) is 0 Å². The molecule has 5 heteroatoms. The predicted octanol–water partition coefficient (Wildman–Crippen LogP) is 3.50. The minimum absolute atomic E-state index is 0.149. The second-order valence-electron chi connectivity index (χ2n) is 6.68. The van der Waals surface area contributed by atoms with Gasteiger partial charge in [0.15, 0.2) is 0 Å². The highest BCUT2D eigenvalue weighted by atomic mass is 16.4. The molecule has 0 aromatic heterocycles. The van der Waals surface area contributed by atoms with Crippen molar-refractivity contribution in [3.05, 3.63) is 59.2 Å². The molecule has 0 bridgehead atoms. The van der Waals surface area contributed by atoms with Gasteiger partial charge in [0, 0.05) is 5.92 Å².